The molecule has 0 saturated carbocycles. The van der Waals surface area contributed by atoms with Crippen molar-refractivity contribution in [1.82, 2.24) is 15.2 Å². The Morgan fingerprint density at radius 3 is 3.15 bits per heavy atom. The number of hydrogen-bond acceptors (Lipinski definition) is 4. The molecule has 0 aliphatic carbocycles. The van der Waals surface area contributed by atoms with Crippen LogP contribution in [0.25, 0.3) is 0 Å². The van der Waals surface area contributed by atoms with Crippen LogP contribution >= 0.6 is 11.3 Å². The van der Waals surface area contributed by atoms with Gasteiger partial charge in [-0.2, -0.15) is 0 Å². The summed E-state index contributed by atoms with van der Waals surface area (Å²) in [4.78, 5) is 19.6. The molecule has 1 aliphatic heterocycles. The van der Waals surface area contributed by atoms with Crippen molar-refractivity contribution in [3.63, 3.8) is 0 Å². The number of aliphatic hydroxyl groups excluding tert-OH is 1. The predicted octanol–water partition coefficient (Wildman–Crippen LogP) is 2.18. The van der Waals surface area contributed by atoms with Crippen LogP contribution in [0.1, 0.15) is 42.6 Å². The van der Waals surface area contributed by atoms with Gasteiger partial charge >= 0.3 is 6.03 Å². The van der Waals surface area contributed by atoms with Gasteiger partial charge in [0.25, 0.3) is 0 Å². The molecule has 0 spiro atoms. The zero-order chi connectivity index (χ0) is 14.5. The maximum atomic E-state index is 12.2. The van der Waals surface area contributed by atoms with Crippen LogP contribution < -0.4 is 5.32 Å². The van der Waals surface area contributed by atoms with Gasteiger partial charge in [-0.1, -0.05) is 6.92 Å². The van der Waals surface area contributed by atoms with Gasteiger partial charge in [-0.25, -0.2) is 9.78 Å². The quantitative estimate of drug-likeness (QED) is 0.895. The number of piperidine rings is 1. The molecule has 112 valence electrons. The molecule has 1 saturated heterocycles. The molecule has 20 heavy (non-hydrogen) atoms. The zero-order valence-corrected chi connectivity index (χ0v) is 12.9. The van der Waals surface area contributed by atoms with Gasteiger partial charge in [0.15, 0.2) is 0 Å². The standard InChI is InChI=1S/C14H23N3O2S/c1-3-12-7-15-13(20-12)10(2)16-14(19)17-6-4-5-11(8-17)9-18/h7,10-11,18H,3-6,8-9H2,1-2H3,(H,16,19). The van der Waals surface area contributed by atoms with Crippen LogP contribution in [0, 0.1) is 5.92 Å². The van der Waals surface area contributed by atoms with E-state index in [1.54, 1.807) is 16.2 Å². The van der Waals surface area contributed by atoms with Crippen LogP contribution in [-0.2, 0) is 6.42 Å². The largest absolute Gasteiger partial charge is 0.396 e. The zero-order valence-electron chi connectivity index (χ0n) is 12.1. The molecular formula is C14H23N3O2S. The molecule has 2 heterocycles. The van der Waals surface area contributed by atoms with Crippen molar-refractivity contribution in [2.75, 3.05) is 19.7 Å². The monoisotopic (exact) mass is 297 g/mol. The van der Waals surface area contributed by atoms with Crippen LogP contribution in [0.3, 0.4) is 0 Å². The Labute approximate surface area is 124 Å². The fraction of sp³-hybridized carbons (Fsp3) is 0.714. The number of thiazole rings is 1. The Bertz CT molecular complexity index is 449. The number of carbonyl (C=O) groups is 1. The van der Waals surface area contributed by atoms with Crippen molar-refractivity contribution in [3.05, 3.63) is 16.1 Å². The van der Waals surface area contributed by atoms with Crippen molar-refractivity contribution >= 4 is 17.4 Å². The molecule has 2 rings (SSSR count). The molecule has 2 N–H and O–H groups in total. The molecule has 5 nitrogen and oxygen atoms in total. The third kappa shape index (κ3) is 3.70. The van der Waals surface area contributed by atoms with Crippen molar-refractivity contribution < 1.29 is 9.90 Å². The highest BCUT2D eigenvalue weighted by Gasteiger charge is 2.24. The highest BCUT2D eigenvalue weighted by atomic mass is 32.1. The number of nitrogens with one attached hydrogen (secondary N) is 1. The average molecular weight is 297 g/mol. The van der Waals surface area contributed by atoms with Gasteiger partial charge in [-0.15, -0.1) is 11.3 Å². The van der Waals surface area contributed by atoms with Crippen molar-refractivity contribution in [3.8, 4) is 0 Å². The summed E-state index contributed by atoms with van der Waals surface area (Å²) >= 11 is 1.65. The lowest BCUT2D eigenvalue weighted by molar-refractivity contribution is 0.128. The normalized spacial score (nSPS) is 20.8. The first-order valence-corrected chi connectivity index (χ1v) is 8.06. The third-order valence-electron chi connectivity index (χ3n) is 3.69. The van der Waals surface area contributed by atoms with Crippen molar-refractivity contribution in [2.24, 2.45) is 5.92 Å². The molecule has 1 aliphatic rings. The number of carbonyl (C=O) groups excluding carboxylic acids is 1. The van der Waals surface area contributed by atoms with Gasteiger partial charge in [0.2, 0.25) is 0 Å². The number of hydrogen-bond donors (Lipinski definition) is 2. The fourth-order valence-corrected chi connectivity index (χ4v) is 3.28. The Kier molecular flexibility index (Phi) is 5.37. The van der Waals surface area contributed by atoms with E-state index in [2.05, 4.69) is 17.2 Å². The maximum absolute atomic E-state index is 12.2. The Morgan fingerprint density at radius 2 is 2.50 bits per heavy atom. The highest BCUT2D eigenvalue weighted by molar-refractivity contribution is 7.11. The number of aromatic nitrogens is 1. The van der Waals surface area contributed by atoms with Crippen LogP contribution in [0.5, 0.6) is 0 Å². The SMILES string of the molecule is CCc1cnc(C(C)NC(=O)N2CCCC(CO)C2)s1. The minimum atomic E-state index is -0.0673. The van der Waals surface area contributed by atoms with E-state index in [0.717, 1.165) is 30.8 Å². The van der Waals surface area contributed by atoms with Gasteiger partial charge in [0.1, 0.15) is 5.01 Å². The third-order valence-corrected chi connectivity index (χ3v) is 5.02. The first-order chi connectivity index (χ1) is 9.63. The first kappa shape index (κ1) is 15.3. The van der Waals surface area contributed by atoms with Gasteiger partial charge in [0, 0.05) is 30.8 Å². The summed E-state index contributed by atoms with van der Waals surface area (Å²) in [5.41, 5.74) is 0. The van der Waals surface area contributed by atoms with Crippen molar-refractivity contribution in [1.29, 1.82) is 0 Å². The topological polar surface area (TPSA) is 65.5 Å². The summed E-state index contributed by atoms with van der Waals surface area (Å²) in [5, 5.41) is 13.2. The molecule has 1 fully saturated rings. The van der Waals surface area contributed by atoms with E-state index >= 15 is 0 Å². The van der Waals surface area contributed by atoms with E-state index in [-0.39, 0.29) is 24.6 Å². The lowest BCUT2D eigenvalue weighted by atomic mass is 9.99. The molecule has 2 amide bonds. The molecule has 2 atom stereocenters. The molecule has 1 aromatic rings. The second-order valence-corrected chi connectivity index (χ2v) is 6.47. The van der Waals surface area contributed by atoms with Crippen LogP contribution in [0.4, 0.5) is 4.79 Å². The van der Waals surface area contributed by atoms with E-state index in [9.17, 15) is 9.90 Å². The number of urea groups is 1. The summed E-state index contributed by atoms with van der Waals surface area (Å²) in [7, 11) is 0. The smallest absolute Gasteiger partial charge is 0.317 e. The summed E-state index contributed by atoms with van der Waals surface area (Å²) in [5.74, 6) is 0.219. The molecule has 0 bridgehead atoms. The maximum Gasteiger partial charge on any atom is 0.317 e. The van der Waals surface area contributed by atoms with E-state index in [1.807, 2.05) is 13.1 Å². The number of amides is 2. The summed E-state index contributed by atoms with van der Waals surface area (Å²) < 4.78 is 0. The summed E-state index contributed by atoms with van der Waals surface area (Å²) in [6.45, 7) is 5.64. The second-order valence-electron chi connectivity index (χ2n) is 5.33. The van der Waals surface area contributed by atoms with Crippen LogP contribution in [0.15, 0.2) is 6.20 Å². The molecule has 0 aromatic carbocycles. The predicted molar refractivity (Wildman–Crippen MR) is 79.8 cm³/mol. The Morgan fingerprint density at radius 1 is 1.70 bits per heavy atom. The summed E-state index contributed by atoms with van der Waals surface area (Å²) in [6, 6.07) is -0.119. The number of rotatable bonds is 4. The molecule has 0 radical (unpaired) electrons. The van der Waals surface area contributed by atoms with Gasteiger partial charge in [0.05, 0.1) is 6.04 Å². The van der Waals surface area contributed by atoms with Gasteiger partial charge in [-0.05, 0) is 32.1 Å². The fourth-order valence-electron chi connectivity index (χ4n) is 2.42. The van der Waals surface area contributed by atoms with E-state index in [4.69, 9.17) is 0 Å². The van der Waals surface area contributed by atoms with Crippen LogP contribution in [0.2, 0.25) is 0 Å². The Hall–Kier alpha value is -1.14. The van der Waals surface area contributed by atoms with Crippen molar-refractivity contribution in [2.45, 2.75) is 39.2 Å². The number of aliphatic hydroxyl groups is 1. The lowest BCUT2D eigenvalue weighted by Crippen LogP contribution is -2.46. The molecular weight excluding hydrogens is 274 g/mol. The van der Waals surface area contributed by atoms with Gasteiger partial charge < -0.3 is 15.3 Å². The first-order valence-electron chi connectivity index (χ1n) is 7.25. The minimum absolute atomic E-state index is 0.0519. The Balaban J connectivity index is 1.90. The van der Waals surface area contributed by atoms with E-state index < -0.39 is 0 Å². The number of likely N-dealkylation sites (tertiary alicyclic amines) is 1. The molecule has 1 aromatic heterocycles. The molecule has 2 unspecified atom stereocenters. The lowest BCUT2D eigenvalue weighted by Gasteiger charge is -2.32. The van der Waals surface area contributed by atoms with Gasteiger partial charge in [-0.3, -0.25) is 0 Å². The van der Waals surface area contributed by atoms with E-state index in [0.29, 0.717) is 6.54 Å². The van der Waals surface area contributed by atoms with Crippen LogP contribution in [-0.4, -0.2) is 40.7 Å². The summed E-state index contributed by atoms with van der Waals surface area (Å²) in [6.07, 6.45) is 4.82. The molecule has 6 heteroatoms. The minimum Gasteiger partial charge on any atom is -0.396 e. The van der Waals surface area contributed by atoms with E-state index in [1.165, 1.54) is 4.88 Å². The average Bonchev–Trinajstić information content (AvgIpc) is 2.96. The number of aryl methyl sites for hydroxylation is 1. The highest BCUT2D eigenvalue weighted by Crippen LogP contribution is 2.21. The number of nitrogens with zero attached hydrogens (tertiary/aromatic N) is 2. The second kappa shape index (κ2) is 7.04.